The number of ether oxygens (including phenoxy) is 2. The van der Waals surface area contributed by atoms with Gasteiger partial charge in [-0.05, 0) is 19.8 Å². The van der Waals surface area contributed by atoms with Gasteiger partial charge in [-0.3, -0.25) is 0 Å². The zero-order valence-electron chi connectivity index (χ0n) is 11.5. The zero-order valence-corrected chi connectivity index (χ0v) is 11.5. The van der Waals surface area contributed by atoms with Gasteiger partial charge in [-0.1, -0.05) is 0 Å². The molecule has 0 amide bonds. The van der Waals surface area contributed by atoms with Gasteiger partial charge in [-0.25, -0.2) is 4.39 Å². The first-order chi connectivity index (χ1) is 9.15. The molecule has 1 aliphatic heterocycles. The van der Waals surface area contributed by atoms with E-state index < -0.39 is 5.82 Å². The van der Waals surface area contributed by atoms with Gasteiger partial charge >= 0.3 is 0 Å². The van der Waals surface area contributed by atoms with Crippen LogP contribution in [0.5, 0.6) is 5.75 Å². The van der Waals surface area contributed by atoms with Gasteiger partial charge < -0.3 is 20.1 Å². The molecule has 0 bridgehead atoms. The summed E-state index contributed by atoms with van der Waals surface area (Å²) in [6, 6.07) is 2.99. The molecule has 1 fully saturated rings. The third-order valence-corrected chi connectivity index (χ3v) is 3.49. The van der Waals surface area contributed by atoms with Crippen molar-refractivity contribution in [1.29, 1.82) is 0 Å². The van der Waals surface area contributed by atoms with E-state index in [2.05, 4.69) is 4.90 Å². The van der Waals surface area contributed by atoms with Gasteiger partial charge in [-0.2, -0.15) is 0 Å². The van der Waals surface area contributed by atoms with Crippen LogP contribution in [0, 0.1) is 5.82 Å². The fourth-order valence-electron chi connectivity index (χ4n) is 2.49. The fourth-order valence-corrected chi connectivity index (χ4v) is 2.49. The predicted molar refractivity (Wildman–Crippen MR) is 74.2 cm³/mol. The van der Waals surface area contributed by atoms with Crippen LogP contribution in [0.15, 0.2) is 12.1 Å². The van der Waals surface area contributed by atoms with E-state index in [0.29, 0.717) is 11.8 Å². The Labute approximate surface area is 113 Å². The average Bonchev–Trinajstić information content (AvgIpc) is 2.41. The highest BCUT2D eigenvalue weighted by atomic mass is 19.1. The number of benzene rings is 1. The molecule has 4 nitrogen and oxygen atoms in total. The largest absolute Gasteiger partial charge is 0.494 e. The van der Waals surface area contributed by atoms with E-state index in [-0.39, 0.29) is 5.75 Å². The van der Waals surface area contributed by atoms with Gasteiger partial charge in [0.05, 0.1) is 24.6 Å². The molecular weight excluding hydrogens is 247 g/mol. The normalized spacial score (nSPS) is 16.7. The summed E-state index contributed by atoms with van der Waals surface area (Å²) in [5.41, 5.74) is 7.19. The molecule has 0 aliphatic carbocycles. The number of anilines is 2. The van der Waals surface area contributed by atoms with E-state index in [1.165, 1.54) is 13.2 Å². The van der Waals surface area contributed by atoms with Crippen LogP contribution in [0.25, 0.3) is 0 Å². The van der Waals surface area contributed by atoms with Crippen LogP contribution in [0.3, 0.4) is 0 Å². The van der Waals surface area contributed by atoms with E-state index in [0.717, 1.165) is 38.2 Å². The number of hydrogen-bond donors (Lipinski definition) is 1. The second-order valence-electron chi connectivity index (χ2n) is 4.69. The van der Waals surface area contributed by atoms with Crippen LogP contribution in [-0.2, 0) is 4.74 Å². The molecule has 1 aliphatic rings. The second kappa shape index (κ2) is 6.10. The van der Waals surface area contributed by atoms with Crippen molar-refractivity contribution in [2.75, 3.05) is 37.4 Å². The minimum Gasteiger partial charge on any atom is -0.494 e. The standard InChI is InChI=1S/C14H21FN2O2/c1-3-19-10-4-6-17(7-5-10)13-9-14(18-2)11(15)8-12(13)16/h8-10H,3-7,16H2,1-2H3. The highest BCUT2D eigenvalue weighted by Crippen LogP contribution is 2.32. The lowest BCUT2D eigenvalue weighted by Crippen LogP contribution is -2.37. The van der Waals surface area contributed by atoms with Crippen molar-refractivity contribution < 1.29 is 13.9 Å². The van der Waals surface area contributed by atoms with Gasteiger partial charge in [0, 0.05) is 31.8 Å². The Kier molecular flexibility index (Phi) is 4.47. The summed E-state index contributed by atoms with van der Waals surface area (Å²) in [7, 11) is 1.46. The lowest BCUT2D eigenvalue weighted by atomic mass is 10.1. The van der Waals surface area contributed by atoms with Crippen molar-refractivity contribution in [3.05, 3.63) is 17.9 Å². The molecule has 5 heteroatoms. The van der Waals surface area contributed by atoms with Gasteiger partial charge in [0.2, 0.25) is 0 Å². The van der Waals surface area contributed by atoms with Crippen molar-refractivity contribution in [2.45, 2.75) is 25.9 Å². The van der Waals surface area contributed by atoms with E-state index >= 15 is 0 Å². The van der Waals surface area contributed by atoms with Gasteiger partial charge in [0.1, 0.15) is 0 Å². The molecule has 0 saturated carbocycles. The molecule has 1 aromatic carbocycles. The van der Waals surface area contributed by atoms with Crippen LogP contribution < -0.4 is 15.4 Å². The van der Waals surface area contributed by atoms with Gasteiger partial charge in [0.15, 0.2) is 11.6 Å². The molecule has 1 aromatic rings. The maximum absolute atomic E-state index is 13.5. The Hall–Kier alpha value is -1.49. The first-order valence-corrected chi connectivity index (χ1v) is 6.65. The van der Waals surface area contributed by atoms with Crippen LogP contribution in [0.1, 0.15) is 19.8 Å². The maximum Gasteiger partial charge on any atom is 0.167 e. The monoisotopic (exact) mass is 268 g/mol. The molecule has 2 rings (SSSR count). The Morgan fingerprint density at radius 2 is 2.05 bits per heavy atom. The smallest absolute Gasteiger partial charge is 0.167 e. The van der Waals surface area contributed by atoms with Crippen molar-refractivity contribution in [1.82, 2.24) is 0 Å². The minimum atomic E-state index is -0.423. The number of nitrogens with zero attached hydrogens (tertiary/aromatic N) is 1. The van der Waals surface area contributed by atoms with Gasteiger partial charge in [-0.15, -0.1) is 0 Å². The molecule has 0 atom stereocenters. The minimum absolute atomic E-state index is 0.233. The number of hydrogen-bond acceptors (Lipinski definition) is 4. The molecule has 19 heavy (non-hydrogen) atoms. The van der Waals surface area contributed by atoms with Crippen molar-refractivity contribution >= 4 is 11.4 Å². The molecular formula is C14H21FN2O2. The first-order valence-electron chi connectivity index (χ1n) is 6.65. The summed E-state index contributed by atoms with van der Waals surface area (Å²) in [5, 5.41) is 0. The Morgan fingerprint density at radius 1 is 1.37 bits per heavy atom. The van der Waals surface area contributed by atoms with Crippen LogP contribution >= 0.6 is 0 Å². The summed E-state index contributed by atoms with van der Waals surface area (Å²) in [5.74, 6) is -0.191. The lowest BCUT2D eigenvalue weighted by Gasteiger charge is -2.34. The first kappa shape index (κ1) is 13.9. The number of rotatable bonds is 4. The molecule has 0 radical (unpaired) electrons. The topological polar surface area (TPSA) is 47.7 Å². The summed E-state index contributed by atoms with van der Waals surface area (Å²) in [6.45, 7) is 4.49. The van der Waals surface area contributed by atoms with Crippen LogP contribution in [-0.4, -0.2) is 32.9 Å². The summed E-state index contributed by atoms with van der Waals surface area (Å²) < 4.78 is 24.1. The molecule has 0 unspecified atom stereocenters. The maximum atomic E-state index is 13.5. The third-order valence-electron chi connectivity index (χ3n) is 3.49. The number of nitrogen functional groups attached to an aromatic ring is 1. The van der Waals surface area contributed by atoms with E-state index in [1.807, 2.05) is 6.92 Å². The van der Waals surface area contributed by atoms with Gasteiger partial charge in [0.25, 0.3) is 0 Å². The zero-order chi connectivity index (χ0) is 13.8. The molecule has 1 heterocycles. The van der Waals surface area contributed by atoms with Crippen LogP contribution in [0.4, 0.5) is 15.8 Å². The highest BCUT2D eigenvalue weighted by molar-refractivity contribution is 5.70. The number of piperidine rings is 1. The Morgan fingerprint density at radius 3 is 2.63 bits per heavy atom. The molecule has 0 spiro atoms. The summed E-state index contributed by atoms with van der Waals surface area (Å²) in [4.78, 5) is 2.16. The number of nitrogens with two attached hydrogens (primary N) is 1. The fraction of sp³-hybridized carbons (Fsp3) is 0.571. The number of methoxy groups -OCH3 is 1. The van der Waals surface area contributed by atoms with E-state index in [4.69, 9.17) is 15.2 Å². The predicted octanol–water partition coefficient (Wildman–Crippen LogP) is 2.42. The third kappa shape index (κ3) is 3.10. The Bertz CT molecular complexity index is 432. The van der Waals surface area contributed by atoms with Crippen LogP contribution in [0.2, 0.25) is 0 Å². The molecule has 2 N–H and O–H groups in total. The van der Waals surface area contributed by atoms with Crippen molar-refractivity contribution in [3.8, 4) is 5.75 Å². The summed E-state index contributed by atoms with van der Waals surface area (Å²) >= 11 is 0. The quantitative estimate of drug-likeness (QED) is 0.852. The molecule has 106 valence electrons. The van der Waals surface area contributed by atoms with E-state index in [9.17, 15) is 4.39 Å². The second-order valence-corrected chi connectivity index (χ2v) is 4.69. The van der Waals surface area contributed by atoms with Crippen molar-refractivity contribution in [2.24, 2.45) is 0 Å². The number of halogens is 1. The van der Waals surface area contributed by atoms with Crippen molar-refractivity contribution in [3.63, 3.8) is 0 Å². The molecule has 0 aromatic heterocycles. The van der Waals surface area contributed by atoms with E-state index in [1.54, 1.807) is 6.07 Å². The Balaban J connectivity index is 2.11. The highest BCUT2D eigenvalue weighted by Gasteiger charge is 2.22. The molecule has 1 saturated heterocycles. The lowest BCUT2D eigenvalue weighted by molar-refractivity contribution is 0.0459. The average molecular weight is 268 g/mol. The summed E-state index contributed by atoms with van der Waals surface area (Å²) in [6.07, 6.45) is 2.25. The SMILES string of the molecule is CCOC1CCN(c2cc(OC)c(F)cc2N)CC1.